The number of hydrogen-bond donors (Lipinski definition) is 1. The lowest BCUT2D eigenvalue weighted by Crippen LogP contribution is -2.25. The normalized spacial score (nSPS) is 10.0. The van der Waals surface area contributed by atoms with Crippen LogP contribution >= 0.6 is 11.3 Å². The Kier molecular flexibility index (Phi) is 4.34. The van der Waals surface area contributed by atoms with E-state index >= 15 is 0 Å². The zero-order valence-corrected chi connectivity index (χ0v) is 12.2. The van der Waals surface area contributed by atoms with Crippen LogP contribution < -0.4 is 10.2 Å². The van der Waals surface area contributed by atoms with E-state index in [1.165, 1.54) is 0 Å². The standard InChI is InChI=1S/C13H14N6S/c1-3-16-13-17-11(19(6-4-14)7-5-15)10-8-9(2)20-12(10)18-13/h8H,3,6-7H2,1-2H3,(H,16,17,18). The first-order valence-electron chi connectivity index (χ1n) is 6.20. The van der Waals surface area contributed by atoms with Crippen molar-refractivity contribution in [1.29, 1.82) is 10.5 Å². The van der Waals surface area contributed by atoms with Crippen LogP contribution in [0.25, 0.3) is 10.2 Å². The van der Waals surface area contributed by atoms with E-state index in [1.807, 2.05) is 19.9 Å². The Bertz CT molecular complexity index is 677. The number of fused-ring (bicyclic) bond motifs is 1. The van der Waals surface area contributed by atoms with Crippen LogP contribution in [-0.2, 0) is 0 Å². The molecule has 20 heavy (non-hydrogen) atoms. The van der Waals surface area contributed by atoms with Gasteiger partial charge in [-0.1, -0.05) is 0 Å². The Balaban J connectivity index is 2.58. The third kappa shape index (κ3) is 2.79. The highest BCUT2D eigenvalue weighted by Gasteiger charge is 2.16. The number of rotatable bonds is 5. The average molecular weight is 286 g/mol. The van der Waals surface area contributed by atoms with Crippen molar-refractivity contribution in [2.75, 3.05) is 29.9 Å². The minimum absolute atomic E-state index is 0.125. The van der Waals surface area contributed by atoms with Crippen LogP contribution in [0.4, 0.5) is 11.8 Å². The molecule has 2 aromatic rings. The quantitative estimate of drug-likeness (QED) is 0.848. The van der Waals surface area contributed by atoms with Gasteiger partial charge in [0.25, 0.3) is 0 Å². The maximum absolute atomic E-state index is 8.92. The third-order valence-corrected chi connectivity index (χ3v) is 3.60. The Morgan fingerprint density at radius 3 is 2.60 bits per heavy atom. The van der Waals surface area contributed by atoms with Gasteiger partial charge in [-0.3, -0.25) is 0 Å². The summed E-state index contributed by atoms with van der Waals surface area (Å²) in [6.07, 6.45) is 0. The highest BCUT2D eigenvalue weighted by atomic mass is 32.1. The number of aryl methyl sites for hydroxylation is 1. The van der Waals surface area contributed by atoms with E-state index in [9.17, 15) is 0 Å². The first-order valence-corrected chi connectivity index (χ1v) is 7.02. The molecular formula is C13H14N6S. The minimum atomic E-state index is 0.125. The fraction of sp³-hybridized carbons (Fsp3) is 0.385. The van der Waals surface area contributed by atoms with E-state index in [2.05, 4.69) is 27.4 Å². The van der Waals surface area contributed by atoms with Crippen molar-refractivity contribution in [1.82, 2.24) is 9.97 Å². The number of anilines is 2. The first kappa shape index (κ1) is 14.0. The van der Waals surface area contributed by atoms with E-state index in [-0.39, 0.29) is 13.1 Å². The molecule has 0 unspecified atom stereocenters. The molecule has 0 aliphatic rings. The van der Waals surface area contributed by atoms with Crippen molar-refractivity contribution in [2.45, 2.75) is 13.8 Å². The molecule has 1 N–H and O–H groups in total. The van der Waals surface area contributed by atoms with Gasteiger partial charge < -0.3 is 10.2 Å². The van der Waals surface area contributed by atoms with E-state index < -0.39 is 0 Å². The van der Waals surface area contributed by atoms with Crippen LogP contribution in [0.15, 0.2) is 6.07 Å². The van der Waals surface area contributed by atoms with Gasteiger partial charge in [0.1, 0.15) is 23.7 Å². The monoisotopic (exact) mass is 286 g/mol. The lowest BCUT2D eigenvalue weighted by Gasteiger charge is -2.18. The summed E-state index contributed by atoms with van der Waals surface area (Å²) in [7, 11) is 0. The van der Waals surface area contributed by atoms with Gasteiger partial charge in [0.05, 0.1) is 17.5 Å². The molecule has 6 nitrogen and oxygen atoms in total. The molecule has 0 amide bonds. The maximum atomic E-state index is 8.92. The summed E-state index contributed by atoms with van der Waals surface area (Å²) in [4.78, 5) is 12.6. The highest BCUT2D eigenvalue weighted by Crippen LogP contribution is 2.31. The van der Waals surface area contributed by atoms with Crippen molar-refractivity contribution in [3.63, 3.8) is 0 Å². The fourth-order valence-electron chi connectivity index (χ4n) is 1.88. The Labute approximate surface area is 121 Å². The molecule has 0 saturated carbocycles. The summed E-state index contributed by atoms with van der Waals surface area (Å²) >= 11 is 1.58. The summed E-state index contributed by atoms with van der Waals surface area (Å²) in [6, 6.07) is 6.14. The van der Waals surface area contributed by atoms with Crippen molar-refractivity contribution >= 4 is 33.3 Å². The second kappa shape index (κ2) is 6.18. The Hall–Kier alpha value is -2.38. The van der Waals surface area contributed by atoms with Crippen molar-refractivity contribution in [3.8, 4) is 12.1 Å². The van der Waals surface area contributed by atoms with Crippen LogP contribution in [0, 0.1) is 29.6 Å². The van der Waals surface area contributed by atoms with Gasteiger partial charge >= 0.3 is 0 Å². The van der Waals surface area contributed by atoms with E-state index in [1.54, 1.807) is 16.2 Å². The van der Waals surface area contributed by atoms with Gasteiger partial charge in [-0.05, 0) is 19.9 Å². The molecule has 102 valence electrons. The number of aromatic nitrogens is 2. The summed E-state index contributed by atoms with van der Waals surface area (Å²) in [5.74, 6) is 1.16. The Morgan fingerprint density at radius 2 is 2.00 bits per heavy atom. The van der Waals surface area contributed by atoms with Crippen molar-refractivity contribution in [3.05, 3.63) is 10.9 Å². The lowest BCUT2D eigenvalue weighted by molar-refractivity contribution is 0.936. The zero-order chi connectivity index (χ0) is 14.5. The van der Waals surface area contributed by atoms with Gasteiger partial charge in [-0.25, -0.2) is 4.98 Å². The molecule has 0 radical (unpaired) electrons. The number of thiophene rings is 1. The number of nitrogens with zero attached hydrogens (tertiary/aromatic N) is 5. The molecule has 0 saturated heterocycles. The first-order chi connectivity index (χ1) is 9.69. The average Bonchev–Trinajstić information content (AvgIpc) is 2.78. The minimum Gasteiger partial charge on any atom is -0.354 e. The molecule has 7 heteroatoms. The van der Waals surface area contributed by atoms with E-state index in [0.717, 1.165) is 15.1 Å². The molecule has 2 heterocycles. The van der Waals surface area contributed by atoms with Crippen LogP contribution in [-0.4, -0.2) is 29.6 Å². The lowest BCUT2D eigenvalue weighted by atomic mass is 10.3. The number of nitriles is 2. The van der Waals surface area contributed by atoms with Crippen LogP contribution in [0.5, 0.6) is 0 Å². The largest absolute Gasteiger partial charge is 0.354 e. The van der Waals surface area contributed by atoms with Gasteiger partial charge in [-0.2, -0.15) is 15.5 Å². The number of hydrogen-bond acceptors (Lipinski definition) is 7. The molecule has 0 aliphatic heterocycles. The Morgan fingerprint density at radius 1 is 1.30 bits per heavy atom. The zero-order valence-electron chi connectivity index (χ0n) is 11.3. The second-order valence-corrected chi connectivity index (χ2v) is 5.38. The van der Waals surface area contributed by atoms with Gasteiger partial charge in [0, 0.05) is 11.4 Å². The van der Waals surface area contributed by atoms with E-state index in [0.29, 0.717) is 18.3 Å². The summed E-state index contributed by atoms with van der Waals surface area (Å²) in [6.45, 7) is 4.93. The second-order valence-electron chi connectivity index (χ2n) is 4.15. The fourth-order valence-corrected chi connectivity index (χ4v) is 2.76. The van der Waals surface area contributed by atoms with Crippen LogP contribution in [0.3, 0.4) is 0 Å². The highest BCUT2D eigenvalue weighted by molar-refractivity contribution is 7.18. The molecule has 0 atom stereocenters. The SMILES string of the molecule is CCNc1nc(N(CC#N)CC#N)c2cc(C)sc2n1. The smallest absolute Gasteiger partial charge is 0.226 e. The molecule has 2 rings (SSSR count). The summed E-state index contributed by atoms with van der Waals surface area (Å²) in [5.41, 5.74) is 0. The summed E-state index contributed by atoms with van der Waals surface area (Å²) < 4.78 is 0. The number of nitrogens with one attached hydrogen (secondary N) is 1. The van der Waals surface area contributed by atoms with Gasteiger partial charge in [-0.15, -0.1) is 11.3 Å². The predicted octanol–water partition coefficient (Wildman–Crippen LogP) is 2.29. The molecule has 0 fully saturated rings. The summed E-state index contributed by atoms with van der Waals surface area (Å²) in [5, 5.41) is 21.8. The predicted molar refractivity (Wildman–Crippen MR) is 79.8 cm³/mol. The topological polar surface area (TPSA) is 88.6 Å². The van der Waals surface area contributed by atoms with Crippen molar-refractivity contribution < 1.29 is 0 Å². The molecule has 0 spiro atoms. The molecule has 2 aromatic heterocycles. The maximum Gasteiger partial charge on any atom is 0.226 e. The van der Waals surface area contributed by atoms with Gasteiger partial charge in [0.2, 0.25) is 5.95 Å². The van der Waals surface area contributed by atoms with Crippen LogP contribution in [0.1, 0.15) is 11.8 Å². The third-order valence-electron chi connectivity index (χ3n) is 2.65. The molecule has 0 aliphatic carbocycles. The molecular weight excluding hydrogens is 272 g/mol. The van der Waals surface area contributed by atoms with Gasteiger partial charge in [0.15, 0.2) is 0 Å². The van der Waals surface area contributed by atoms with Crippen LogP contribution in [0.2, 0.25) is 0 Å². The van der Waals surface area contributed by atoms with E-state index in [4.69, 9.17) is 10.5 Å². The van der Waals surface area contributed by atoms with Crippen molar-refractivity contribution in [2.24, 2.45) is 0 Å². The molecule has 0 bridgehead atoms. The molecule has 0 aromatic carbocycles.